The molecule has 0 fully saturated rings. The number of anilines is 1. The minimum Gasteiger partial charge on any atom is -0.493 e. The van der Waals surface area contributed by atoms with Crippen LogP contribution in [0.1, 0.15) is 5.56 Å². The first-order valence-electron chi connectivity index (χ1n) is 9.95. The van der Waals surface area contributed by atoms with Gasteiger partial charge in [0.2, 0.25) is 0 Å². The molecular weight excluding hydrogens is 409 g/mol. The normalized spacial score (nSPS) is 11.1. The molecule has 0 aliphatic carbocycles. The molecule has 0 saturated carbocycles. The van der Waals surface area contributed by atoms with Gasteiger partial charge in [-0.1, -0.05) is 24.3 Å². The molecule has 4 heterocycles. The Balaban J connectivity index is 1.34. The quantitative estimate of drug-likeness (QED) is 0.440. The standard InChI is InChI=1S/C23H20FN7O/c1-30-12-17(10-29-30)16-5-3-15(4-6-16)9-25-22-7-19(27-14-28-22)20-11-26-23-8-21(32-2)18(24)13-31(20)23/h3-8,10-14H,9H2,1-2H3,(H,25,27,28). The number of nitrogens with one attached hydrogen (secondary N) is 1. The molecule has 5 aromatic rings. The molecule has 1 N–H and O–H groups in total. The summed E-state index contributed by atoms with van der Waals surface area (Å²) in [6, 6.07) is 11.6. The number of rotatable bonds is 6. The number of benzene rings is 1. The lowest BCUT2D eigenvalue weighted by atomic mass is 10.1. The van der Waals surface area contributed by atoms with Crippen LogP contribution in [-0.4, -0.2) is 36.2 Å². The van der Waals surface area contributed by atoms with Crippen LogP contribution >= 0.6 is 0 Å². The van der Waals surface area contributed by atoms with Crippen molar-refractivity contribution in [1.82, 2.24) is 29.1 Å². The Kier molecular flexibility index (Phi) is 4.98. The third-order valence-electron chi connectivity index (χ3n) is 5.18. The minimum absolute atomic E-state index is 0.147. The monoisotopic (exact) mass is 429 g/mol. The molecule has 4 aromatic heterocycles. The molecule has 160 valence electrons. The van der Waals surface area contributed by atoms with Crippen LogP contribution in [0.2, 0.25) is 0 Å². The van der Waals surface area contributed by atoms with E-state index in [0.717, 1.165) is 16.7 Å². The highest BCUT2D eigenvalue weighted by Gasteiger charge is 2.12. The van der Waals surface area contributed by atoms with E-state index in [1.165, 1.54) is 19.6 Å². The Hall–Kier alpha value is -4.27. The van der Waals surface area contributed by atoms with Gasteiger partial charge in [0.15, 0.2) is 11.6 Å². The number of fused-ring (bicyclic) bond motifs is 1. The van der Waals surface area contributed by atoms with Gasteiger partial charge in [0.05, 0.1) is 37.1 Å². The van der Waals surface area contributed by atoms with Gasteiger partial charge >= 0.3 is 0 Å². The van der Waals surface area contributed by atoms with Crippen LogP contribution in [-0.2, 0) is 13.6 Å². The Morgan fingerprint density at radius 2 is 1.84 bits per heavy atom. The van der Waals surface area contributed by atoms with E-state index in [0.29, 0.717) is 29.4 Å². The largest absolute Gasteiger partial charge is 0.493 e. The van der Waals surface area contributed by atoms with Gasteiger partial charge < -0.3 is 10.1 Å². The maximum Gasteiger partial charge on any atom is 0.181 e. The average Bonchev–Trinajstić information content (AvgIpc) is 3.43. The first-order chi connectivity index (χ1) is 15.6. The predicted octanol–water partition coefficient (Wildman–Crippen LogP) is 3.95. The summed E-state index contributed by atoms with van der Waals surface area (Å²) < 4.78 is 22.6. The summed E-state index contributed by atoms with van der Waals surface area (Å²) in [6.45, 7) is 0.600. The van der Waals surface area contributed by atoms with E-state index >= 15 is 0 Å². The third kappa shape index (κ3) is 3.76. The second-order valence-electron chi connectivity index (χ2n) is 7.30. The number of imidazole rings is 1. The number of aromatic nitrogens is 6. The van der Waals surface area contributed by atoms with Crippen LogP contribution in [0.4, 0.5) is 10.2 Å². The highest BCUT2D eigenvalue weighted by atomic mass is 19.1. The molecule has 0 aliphatic rings. The Labute approximate surface area is 183 Å². The average molecular weight is 429 g/mol. The summed E-state index contributed by atoms with van der Waals surface area (Å²) in [6.07, 6.45) is 8.30. The van der Waals surface area contributed by atoms with E-state index in [1.807, 2.05) is 25.5 Å². The molecule has 8 nitrogen and oxygen atoms in total. The van der Waals surface area contributed by atoms with Crippen molar-refractivity contribution in [2.24, 2.45) is 7.05 Å². The van der Waals surface area contributed by atoms with Gasteiger partial charge in [0.1, 0.15) is 17.8 Å². The molecule has 0 unspecified atom stereocenters. The lowest BCUT2D eigenvalue weighted by Crippen LogP contribution is -2.02. The van der Waals surface area contributed by atoms with Crippen molar-refractivity contribution in [3.05, 3.63) is 78.9 Å². The van der Waals surface area contributed by atoms with E-state index < -0.39 is 5.82 Å². The topological polar surface area (TPSA) is 82.2 Å². The summed E-state index contributed by atoms with van der Waals surface area (Å²) in [5.41, 5.74) is 5.17. The molecule has 0 bridgehead atoms. The Bertz CT molecular complexity index is 1390. The van der Waals surface area contributed by atoms with E-state index in [2.05, 4.69) is 49.6 Å². The van der Waals surface area contributed by atoms with Gasteiger partial charge in [-0.3, -0.25) is 9.08 Å². The lowest BCUT2D eigenvalue weighted by Gasteiger charge is -2.08. The second-order valence-corrected chi connectivity index (χ2v) is 7.30. The van der Waals surface area contributed by atoms with Gasteiger partial charge in [-0.05, 0) is 11.1 Å². The number of halogens is 1. The first kappa shape index (κ1) is 19.7. The number of methoxy groups -OCH3 is 1. The van der Waals surface area contributed by atoms with Gasteiger partial charge in [0.25, 0.3) is 0 Å². The predicted molar refractivity (Wildman–Crippen MR) is 119 cm³/mol. The van der Waals surface area contributed by atoms with Gasteiger partial charge in [0, 0.05) is 37.5 Å². The molecule has 0 aliphatic heterocycles. The van der Waals surface area contributed by atoms with E-state index in [1.54, 1.807) is 21.3 Å². The van der Waals surface area contributed by atoms with Gasteiger partial charge in [-0.25, -0.2) is 19.3 Å². The summed E-state index contributed by atoms with van der Waals surface area (Å²) in [5.74, 6) is 0.339. The summed E-state index contributed by atoms with van der Waals surface area (Å²) >= 11 is 0. The molecule has 0 saturated heterocycles. The summed E-state index contributed by atoms with van der Waals surface area (Å²) in [7, 11) is 3.32. The maximum absolute atomic E-state index is 14.2. The third-order valence-corrected chi connectivity index (χ3v) is 5.18. The molecule has 0 radical (unpaired) electrons. The SMILES string of the molecule is COc1cc2ncc(-c3cc(NCc4ccc(-c5cnn(C)c5)cc4)ncn3)n2cc1F. The summed E-state index contributed by atoms with van der Waals surface area (Å²) in [5, 5.41) is 7.52. The fraction of sp³-hybridized carbons (Fsp3) is 0.130. The number of nitrogens with zero attached hydrogens (tertiary/aromatic N) is 6. The highest BCUT2D eigenvalue weighted by molar-refractivity contribution is 5.64. The lowest BCUT2D eigenvalue weighted by molar-refractivity contribution is 0.385. The fourth-order valence-corrected chi connectivity index (χ4v) is 3.50. The van der Waals surface area contributed by atoms with Crippen molar-refractivity contribution < 1.29 is 9.13 Å². The van der Waals surface area contributed by atoms with Crippen molar-refractivity contribution in [3.63, 3.8) is 0 Å². The molecule has 32 heavy (non-hydrogen) atoms. The number of pyridine rings is 1. The molecule has 5 rings (SSSR count). The molecule has 1 aromatic carbocycles. The van der Waals surface area contributed by atoms with Crippen molar-refractivity contribution in [2.45, 2.75) is 6.54 Å². The van der Waals surface area contributed by atoms with Crippen LogP contribution < -0.4 is 10.1 Å². The molecule has 9 heteroatoms. The summed E-state index contributed by atoms with van der Waals surface area (Å²) in [4.78, 5) is 13.0. The van der Waals surface area contributed by atoms with E-state index in [-0.39, 0.29) is 5.75 Å². The maximum atomic E-state index is 14.2. The Morgan fingerprint density at radius 1 is 1.00 bits per heavy atom. The zero-order valence-electron chi connectivity index (χ0n) is 17.5. The van der Waals surface area contributed by atoms with Crippen molar-refractivity contribution in [3.8, 4) is 28.3 Å². The van der Waals surface area contributed by atoms with E-state index in [9.17, 15) is 4.39 Å². The number of ether oxygens (including phenoxy) is 1. The van der Waals surface area contributed by atoms with Gasteiger partial charge in [-0.2, -0.15) is 5.10 Å². The molecule has 0 atom stereocenters. The highest BCUT2D eigenvalue weighted by Crippen LogP contribution is 2.25. The molecular formula is C23H20FN7O. The van der Waals surface area contributed by atoms with Crippen molar-refractivity contribution in [1.29, 1.82) is 0 Å². The zero-order valence-corrected chi connectivity index (χ0v) is 17.5. The van der Waals surface area contributed by atoms with Crippen LogP contribution in [0.3, 0.4) is 0 Å². The van der Waals surface area contributed by atoms with Crippen molar-refractivity contribution >= 4 is 11.5 Å². The molecule has 0 amide bonds. The van der Waals surface area contributed by atoms with Crippen molar-refractivity contribution in [2.75, 3.05) is 12.4 Å². The zero-order chi connectivity index (χ0) is 22.1. The fourth-order valence-electron chi connectivity index (χ4n) is 3.50. The van der Waals surface area contributed by atoms with Crippen LogP contribution in [0.5, 0.6) is 5.75 Å². The Morgan fingerprint density at radius 3 is 2.59 bits per heavy atom. The second kappa shape index (κ2) is 8.10. The number of hydrogen-bond donors (Lipinski definition) is 1. The first-order valence-corrected chi connectivity index (χ1v) is 9.95. The minimum atomic E-state index is -0.471. The van der Waals surface area contributed by atoms with Crippen LogP contribution in [0.25, 0.3) is 28.2 Å². The van der Waals surface area contributed by atoms with Crippen LogP contribution in [0, 0.1) is 5.82 Å². The van der Waals surface area contributed by atoms with E-state index in [4.69, 9.17) is 4.74 Å². The smallest absolute Gasteiger partial charge is 0.181 e. The number of aryl methyl sites for hydroxylation is 1. The van der Waals surface area contributed by atoms with Gasteiger partial charge in [-0.15, -0.1) is 0 Å². The molecule has 0 spiro atoms. The van der Waals surface area contributed by atoms with Crippen LogP contribution in [0.15, 0.2) is 67.5 Å². The number of hydrogen-bond acceptors (Lipinski definition) is 6.